The van der Waals surface area contributed by atoms with E-state index in [-0.39, 0.29) is 11.3 Å². The maximum absolute atomic E-state index is 7.59. The number of methoxy groups -OCH3 is 1. The van der Waals surface area contributed by atoms with Crippen molar-refractivity contribution in [3.05, 3.63) is 29.8 Å². The van der Waals surface area contributed by atoms with Gasteiger partial charge in [0.25, 0.3) is 0 Å². The molecule has 0 heterocycles. The Morgan fingerprint density at radius 1 is 1.43 bits per heavy atom. The van der Waals surface area contributed by atoms with Crippen LogP contribution in [0.15, 0.2) is 24.3 Å². The zero-order chi connectivity index (χ0) is 10.2. The highest BCUT2D eigenvalue weighted by Crippen LogP contribution is 2.50. The molecule has 1 saturated carbocycles. The molecule has 74 valence electrons. The van der Waals surface area contributed by atoms with Crippen LogP contribution in [0.1, 0.15) is 18.4 Å². The number of nitrogens with two attached hydrogens (primary N) is 1. The number of amidine groups is 1. The largest absolute Gasteiger partial charge is 0.496 e. The van der Waals surface area contributed by atoms with Gasteiger partial charge < -0.3 is 10.5 Å². The number of nitrogens with one attached hydrogen (secondary N) is 1. The lowest BCUT2D eigenvalue weighted by atomic mass is 9.94. The topological polar surface area (TPSA) is 59.1 Å². The van der Waals surface area contributed by atoms with Gasteiger partial charge in [0.15, 0.2) is 0 Å². The minimum Gasteiger partial charge on any atom is -0.496 e. The molecule has 1 aromatic rings. The van der Waals surface area contributed by atoms with Crippen LogP contribution >= 0.6 is 0 Å². The normalized spacial score (nSPS) is 17.5. The Morgan fingerprint density at radius 2 is 2.07 bits per heavy atom. The smallest absolute Gasteiger partial charge is 0.123 e. The summed E-state index contributed by atoms with van der Waals surface area (Å²) in [5.41, 5.74) is 6.44. The summed E-state index contributed by atoms with van der Waals surface area (Å²) in [6, 6.07) is 7.80. The molecule has 0 aromatic heterocycles. The molecule has 14 heavy (non-hydrogen) atoms. The fourth-order valence-corrected chi connectivity index (χ4v) is 1.85. The first kappa shape index (κ1) is 9.06. The minimum absolute atomic E-state index is 0.230. The molecule has 0 saturated heterocycles. The van der Waals surface area contributed by atoms with Crippen molar-refractivity contribution in [3.63, 3.8) is 0 Å². The third-order valence-corrected chi connectivity index (χ3v) is 2.89. The highest BCUT2D eigenvalue weighted by Gasteiger charge is 2.49. The number of hydrogen-bond acceptors (Lipinski definition) is 2. The molecule has 2 rings (SSSR count). The monoisotopic (exact) mass is 190 g/mol. The number of para-hydroxylation sites is 1. The molecule has 0 amide bonds. The lowest BCUT2D eigenvalue weighted by Gasteiger charge is -2.16. The maximum atomic E-state index is 7.59. The molecule has 3 N–H and O–H groups in total. The van der Waals surface area contributed by atoms with Crippen LogP contribution in [-0.2, 0) is 5.41 Å². The second kappa shape index (κ2) is 3.01. The summed E-state index contributed by atoms with van der Waals surface area (Å²) in [7, 11) is 1.65. The SMILES string of the molecule is COc1ccccc1C1(C(=N)N)CC1. The van der Waals surface area contributed by atoms with Crippen molar-refractivity contribution in [3.8, 4) is 5.75 Å². The van der Waals surface area contributed by atoms with Crippen LogP contribution in [0.4, 0.5) is 0 Å². The first-order chi connectivity index (χ1) is 6.70. The second-order valence-electron chi connectivity index (χ2n) is 3.70. The van der Waals surface area contributed by atoms with E-state index in [9.17, 15) is 0 Å². The van der Waals surface area contributed by atoms with Crippen molar-refractivity contribution in [1.82, 2.24) is 0 Å². The van der Waals surface area contributed by atoms with Crippen molar-refractivity contribution < 1.29 is 4.74 Å². The summed E-state index contributed by atoms with van der Waals surface area (Å²) in [5, 5.41) is 7.59. The second-order valence-corrected chi connectivity index (χ2v) is 3.70. The average molecular weight is 190 g/mol. The number of rotatable bonds is 3. The van der Waals surface area contributed by atoms with Crippen molar-refractivity contribution in [2.24, 2.45) is 5.73 Å². The van der Waals surface area contributed by atoms with Gasteiger partial charge in [-0.15, -0.1) is 0 Å². The van der Waals surface area contributed by atoms with Crippen molar-refractivity contribution in [2.45, 2.75) is 18.3 Å². The Hall–Kier alpha value is -1.51. The van der Waals surface area contributed by atoms with E-state index < -0.39 is 0 Å². The lowest BCUT2D eigenvalue weighted by molar-refractivity contribution is 0.408. The highest BCUT2D eigenvalue weighted by molar-refractivity contribution is 5.92. The van der Waals surface area contributed by atoms with Gasteiger partial charge in [0.05, 0.1) is 12.5 Å². The fraction of sp³-hybridized carbons (Fsp3) is 0.364. The quantitative estimate of drug-likeness (QED) is 0.562. The Kier molecular flexibility index (Phi) is 1.95. The summed E-state index contributed by atoms with van der Waals surface area (Å²) < 4.78 is 5.27. The third kappa shape index (κ3) is 1.16. The Morgan fingerprint density at radius 3 is 2.57 bits per heavy atom. The third-order valence-electron chi connectivity index (χ3n) is 2.89. The molecule has 1 aromatic carbocycles. The standard InChI is InChI=1S/C11H14N2O/c1-14-9-5-3-2-4-8(9)11(6-7-11)10(12)13/h2-5H,6-7H2,1H3,(H3,12,13). The van der Waals surface area contributed by atoms with Crippen LogP contribution in [0, 0.1) is 5.41 Å². The minimum atomic E-state index is -0.230. The molecule has 3 heteroatoms. The first-order valence-corrected chi connectivity index (χ1v) is 4.69. The molecule has 1 aliphatic rings. The van der Waals surface area contributed by atoms with Crippen molar-refractivity contribution >= 4 is 5.84 Å². The van der Waals surface area contributed by atoms with Gasteiger partial charge >= 0.3 is 0 Å². The lowest BCUT2D eigenvalue weighted by Crippen LogP contribution is -2.28. The van der Waals surface area contributed by atoms with Crippen molar-refractivity contribution in [2.75, 3.05) is 7.11 Å². The molecular formula is C11H14N2O. The summed E-state index contributed by atoms with van der Waals surface area (Å²) in [6.07, 6.45) is 1.92. The van der Waals surface area contributed by atoms with Crippen LogP contribution < -0.4 is 10.5 Å². The molecule has 1 fully saturated rings. The van der Waals surface area contributed by atoms with Crippen molar-refractivity contribution in [1.29, 1.82) is 5.41 Å². The van der Waals surface area contributed by atoms with E-state index in [2.05, 4.69) is 0 Å². The van der Waals surface area contributed by atoms with E-state index in [1.807, 2.05) is 24.3 Å². The predicted molar refractivity (Wildman–Crippen MR) is 55.8 cm³/mol. The number of ether oxygens (including phenoxy) is 1. The Bertz CT molecular complexity index is 369. The van der Waals surface area contributed by atoms with Crippen LogP contribution in [-0.4, -0.2) is 12.9 Å². The van der Waals surface area contributed by atoms with Gasteiger partial charge in [-0.05, 0) is 18.9 Å². The molecule has 1 aliphatic carbocycles. The van der Waals surface area contributed by atoms with E-state index in [0.29, 0.717) is 0 Å². The van der Waals surface area contributed by atoms with Crippen LogP contribution in [0.5, 0.6) is 5.75 Å². The molecule has 0 aliphatic heterocycles. The summed E-state index contributed by atoms with van der Waals surface area (Å²) in [5.74, 6) is 1.09. The van der Waals surface area contributed by atoms with E-state index in [1.165, 1.54) is 0 Å². The van der Waals surface area contributed by atoms with Crippen LogP contribution in [0.3, 0.4) is 0 Å². The molecule has 0 atom stereocenters. The van der Waals surface area contributed by atoms with E-state index in [0.717, 1.165) is 24.2 Å². The Labute approximate surface area is 83.4 Å². The molecule has 0 radical (unpaired) electrons. The van der Waals surface area contributed by atoms with Gasteiger partial charge in [-0.1, -0.05) is 18.2 Å². The molecule has 0 spiro atoms. The summed E-state index contributed by atoms with van der Waals surface area (Å²) in [4.78, 5) is 0. The van der Waals surface area contributed by atoms with E-state index in [4.69, 9.17) is 15.9 Å². The van der Waals surface area contributed by atoms with E-state index >= 15 is 0 Å². The van der Waals surface area contributed by atoms with Gasteiger partial charge in [0.2, 0.25) is 0 Å². The zero-order valence-corrected chi connectivity index (χ0v) is 8.21. The summed E-state index contributed by atoms with van der Waals surface area (Å²) >= 11 is 0. The fourth-order valence-electron chi connectivity index (χ4n) is 1.85. The number of benzene rings is 1. The van der Waals surface area contributed by atoms with Crippen LogP contribution in [0.2, 0.25) is 0 Å². The Balaban J connectivity index is 2.46. The molecule has 3 nitrogen and oxygen atoms in total. The van der Waals surface area contributed by atoms with Gasteiger partial charge in [-0.3, -0.25) is 5.41 Å². The maximum Gasteiger partial charge on any atom is 0.123 e. The van der Waals surface area contributed by atoms with Gasteiger partial charge in [-0.25, -0.2) is 0 Å². The van der Waals surface area contributed by atoms with Gasteiger partial charge in [0.1, 0.15) is 11.6 Å². The average Bonchev–Trinajstić information content (AvgIpc) is 2.98. The molecule has 0 unspecified atom stereocenters. The molecule has 0 bridgehead atoms. The van der Waals surface area contributed by atoms with E-state index in [1.54, 1.807) is 7.11 Å². The zero-order valence-electron chi connectivity index (χ0n) is 8.21. The predicted octanol–water partition coefficient (Wildman–Crippen LogP) is 1.66. The number of hydrogen-bond donors (Lipinski definition) is 2. The first-order valence-electron chi connectivity index (χ1n) is 4.69. The molecular weight excluding hydrogens is 176 g/mol. The van der Waals surface area contributed by atoms with Gasteiger partial charge in [0, 0.05) is 5.56 Å². The summed E-state index contributed by atoms with van der Waals surface area (Å²) in [6.45, 7) is 0. The van der Waals surface area contributed by atoms with Gasteiger partial charge in [-0.2, -0.15) is 0 Å². The van der Waals surface area contributed by atoms with Crippen LogP contribution in [0.25, 0.3) is 0 Å². The highest BCUT2D eigenvalue weighted by atomic mass is 16.5.